The number of aryl methyl sites for hydroxylation is 1. The lowest BCUT2D eigenvalue weighted by Gasteiger charge is -2.31. The van der Waals surface area contributed by atoms with Crippen molar-refractivity contribution < 1.29 is 31.8 Å². The lowest BCUT2D eigenvalue weighted by atomic mass is 10.0. The van der Waals surface area contributed by atoms with Crippen LogP contribution in [0.3, 0.4) is 0 Å². The van der Waals surface area contributed by atoms with Gasteiger partial charge in [-0.3, -0.25) is 0 Å². The van der Waals surface area contributed by atoms with Crippen molar-refractivity contribution in [3.05, 3.63) is 53.4 Å². The number of nitrogens with zero attached hydrogens (tertiary/aromatic N) is 3. The molecule has 0 bridgehead atoms. The molecule has 1 aliphatic rings. The highest BCUT2D eigenvalue weighted by Crippen LogP contribution is 2.33. The number of amides is 1. The standard InChI is InChI=1S/C23H26F2N4O5S/c1-13(2)27-35(32,33)16-10-17(24)21(18(25)11-16)22-19(29-5-4-14(3)8-20(29)26-22)9-15-12-28(23(30)31)6-7-34-15/h4-5,8,10-11,13,15,27H,6-7,9,12H2,1-3H3,(H,30,31). The van der Waals surface area contributed by atoms with E-state index in [0.717, 1.165) is 17.7 Å². The molecule has 35 heavy (non-hydrogen) atoms. The number of fused-ring (bicyclic) bond motifs is 1. The maximum absolute atomic E-state index is 15.3. The molecule has 3 aromatic rings. The van der Waals surface area contributed by atoms with Crippen molar-refractivity contribution in [1.82, 2.24) is 19.0 Å². The van der Waals surface area contributed by atoms with E-state index in [4.69, 9.17) is 4.74 Å². The molecule has 9 nitrogen and oxygen atoms in total. The zero-order valence-electron chi connectivity index (χ0n) is 19.5. The molecule has 0 spiro atoms. The van der Waals surface area contributed by atoms with Crippen LogP contribution in [-0.4, -0.2) is 65.7 Å². The Labute approximate surface area is 201 Å². The van der Waals surface area contributed by atoms with E-state index in [2.05, 4.69) is 9.71 Å². The molecule has 2 N–H and O–H groups in total. The number of ether oxygens (including phenoxy) is 1. The minimum atomic E-state index is -4.12. The van der Waals surface area contributed by atoms with Crippen molar-refractivity contribution in [2.45, 2.75) is 44.2 Å². The molecule has 0 saturated carbocycles. The van der Waals surface area contributed by atoms with E-state index in [0.29, 0.717) is 11.3 Å². The Balaban J connectivity index is 1.81. The predicted octanol–water partition coefficient (Wildman–Crippen LogP) is 3.20. The average Bonchev–Trinajstić information content (AvgIpc) is 3.09. The number of halogens is 2. The van der Waals surface area contributed by atoms with Gasteiger partial charge in [-0.1, -0.05) is 0 Å². The first-order valence-electron chi connectivity index (χ1n) is 11.0. The van der Waals surface area contributed by atoms with Crippen LogP contribution in [0.4, 0.5) is 13.6 Å². The molecule has 1 atom stereocenters. The number of carbonyl (C=O) groups is 1. The van der Waals surface area contributed by atoms with Gasteiger partial charge in [0, 0.05) is 25.2 Å². The molecule has 188 valence electrons. The molecular formula is C23H26F2N4O5S. The summed E-state index contributed by atoms with van der Waals surface area (Å²) in [6.07, 6.45) is 0.226. The highest BCUT2D eigenvalue weighted by Gasteiger charge is 2.29. The molecule has 0 radical (unpaired) electrons. The Morgan fingerprint density at radius 2 is 1.97 bits per heavy atom. The summed E-state index contributed by atoms with van der Waals surface area (Å²) in [7, 11) is -4.12. The van der Waals surface area contributed by atoms with Crippen molar-refractivity contribution in [2.24, 2.45) is 0 Å². The topological polar surface area (TPSA) is 113 Å². The summed E-state index contributed by atoms with van der Waals surface area (Å²) in [5, 5.41) is 9.34. The maximum atomic E-state index is 15.3. The van der Waals surface area contributed by atoms with Gasteiger partial charge in [-0.25, -0.2) is 31.7 Å². The van der Waals surface area contributed by atoms with Gasteiger partial charge in [0.15, 0.2) is 0 Å². The molecule has 3 heterocycles. The number of hydrogen-bond donors (Lipinski definition) is 2. The zero-order chi connectivity index (χ0) is 25.5. The molecule has 2 aromatic heterocycles. The van der Waals surface area contributed by atoms with Crippen molar-refractivity contribution in [2.75, 3.05) is 19.7 Å². The first-order chi connectivity index (χ1) is 16.5. The lowest BCUT2D eigenvalue weighted by molar-refractivity contribution is -0.0214. The van der Waals surface area contributed by atoms with E-state index < -0.39 is 50.4 Å². The van der Waals surface area contributed by atoms with Crippen LogP contribution >= 0.6 is 0 Å². The van der Waals surface area contributed by atoms with Crippen LogP contribution in [0.15, 0.2) is 35.4 Å². The average molecular weight is 509 g/mol. The number of rotatable bonds is 6. The number of benzene rings is 1. The summed E-state index contributed by atoms with van der Waals surface area (Å²) >= 11 is 0. The van der Waals surface area contributed by atoms with Crippen LogP contribution in [-0.2, 0) is 21.2 Å². The van der Waals surface area contributed by atoms with E-state index in [1.165, 1.54) is 4.90 Å². The first kappa shape index (κ1) is 25.0. The molecule has 1 aliphatic heterocycles. The molecule has 1 unspecified atom stereocenters. The van der Waals surface area contributed by atoms with Crippen molar-refractivity contribution in [3.63, 3.8) is 0 Å². The monoisotopic (exact) mass is 508 g/mol. The summed E-state index contributed by atoms with van der Waals surface area (Å²) < 4.78 is 65.2. The van der Waals surface area contributed by atoms with Gasteiger partial charge >= 0.3 is 6.09 Å². The van der Waals surface area contributed by atoms with Crippen LogP contribution in [0.1, 0.15) is 25.1 Å². The second-order valence-corrected chi connectivity index (χ2v) is 10.5. The quantitative estimate of drug-likeness (QED) is 0.529. The third kappa shape index (κ3) is 5.14. The molecule has 0 aliphatic carbocycles. The molecule has 1 amide bonds. The number of morpholine rings is 1. The molecule has 1 fully saturated rings. The van der Waals surface area contributed by atoms with Gasteiger partial charge in [0.2, 0.25) is 10.0 Å². The van der Waals surface area contributed by atoms with Gasteiger partial charge < -0.3 is 19.1 Å². The van der Waals surface area contributed by atoms with Crippen LogP contribution < -0.4 is 4.72 Å². The molecule has 4 rings (SSSR count). The van der Waals surface area contributed by atoms with Crippen LogP contribution in [0.2, 0.25) is 0 Å². The number of nitrogens with one attached hydrogen (secondary N) is 1. The summed E-state index contributed by atoms with van der Waals surface area (Å²) in [6.45, 7) is 5.57. The minimum absolute atomic E-state index is 0.00224. The van der Waals surface area contributed by atoms with Crippen molar-refractivity contribution in [3.8, 4) is 11.3 Å². The fraction of sp³-hybridized carbons (Fsp3) is 0.391. The van der Waals surface area contributed by atoms with Crippen LogP contribution in [0.5, 0.6) is 0 Å². The Morgan fingerprint density at radius 1 is 1.29 bits per heavy atom. The smallest absolute Gasteiger partial charge is 0.407 e. The van der Waals surface area contributed by atoms with Gasteiger partial charge in [0.1, 0.15) is 17.3 Å². The third-order valence-electron chi connectivity index (χ3n) is 5.66. The Bertz CT molecular complexity index is 1370. The van der Waals surface area contributed by atoms with Crippen molar-refractivity contribution >= 4 is 21.8 Å². The zero-order valence-corrected chi connectivity index (χ0v) is 20.3. The molecule has 1 aromatic carbocycles. The summed E-state index contributed by atoms with van der Waals surface area (Å²) in [4.78, 5) is 16.6. The van der Waals surface area contributed by atoms with Gasteiger partial charge in [-0.05, 0) is 50.6 Å². The Morgan fingerprint density at radius 3 is 2.60 bits per heavy atom. The van der Waals surface area contributed by atoms with Crippen LogP contribution in [0.25, 0.3) is 16.9 Å². The second-order valence-electron chi connectivity index (χ2n) is 8.80. The third-order valence-corrected chi connectivity index (χ3v) is 7.30. The lowest BCUT2D eigenvalue weighted by Crippen LogP contribution is -2.45. The molecule has 1 saturated heterocycles. The van der Waals surface area contributed by atoms with E-state index in [9.17, 15) is 18.3 Å². The Hall–Kier alpha value is -3.09. The number of sulfonamides is 1. The largest absolute Gasteiger partial charge is 0.465 e. The number of carboxylic acid groups (broad SMARTS) is 1. The van der Waals surface area contributed by atoms with Crippen molar-refractivity contribution in [1.29, 1.82) is 0 Å². The number of hydrogen-bond acceptors (Lipinski definition) is 5. The Kier molecular flexibility index (Phi) is 6.80. The predicted molar refractivity (Wildman–Crippen MR) is 124 cm³/mol. The normalized spacial score (nSPS) is 16.9. The first-order valence-corrected chi connectivity index (χ1v) is 12.5. The fourth-order valence-corrected chi connectivity index (χ4v) is 5.41. The highest BCUT2D eigenvalue weighted by atomic mass is 32.2. The SMILES string of the molecule is Cc1ccn2c(CC3CN(C(=O)O)CCO3)c(-c3c(F)cc(S(=O)(=O)NC(C)C)cc3F)nc2c1. The summed E-state index contributed by atoms with van der Waals surface area (Å²) in [5.41, 5.74) is 1.29. The van der Waals surface area contributed by atoms with E-state index >= 15 is 8.78 Å². The second kappa shape index (κ2) is 9.51. The highest BCUT2D eigenvalue weighted by molar-refractivity contribution is 7.89. The van der Waals surface area contributed by atoms with Gasteiger partial charge in [0.25, 0.3) is 0 Å². The fourth-order valence-electron chi connectivity index (χ4n) is 4.13. The van der Waals surface area contributed by atoms with E-state index in [1.54, 1.807) is 30.5 Å². The summed E-state index contributed by atoms with van der Waals surface area (Å²) in [5.74, 6) is -2.15. The number of imidazole rings is 1. The molecule has 12 heteroatoms. The molecular weight excluding hydrogens is 482 g/mol. The van der Waals surface area contributed by atoms with Crippen LogP contribution in [0, 0.1) is 18.6 Å². The number of pyridine rings is 1. The minimum Gasteiger partial charge on any atom is -0.465 e. The van der Waals surface area contributed by atoms with Gasteiger partial charge in [-0.15, -0.1) is 0 Å². The number of aromatic nitrogens is 2. The van der Waals surface area contributed by atoms with E-state index in [1.807, 2.05) is 13.0 Å². The van der Waals surface area contributed by atoms with E-state index in [-0.39, 0.29) is 31.8 Å². The maximum Gasteiger partial charge on any atom is 0.407 e. The van der Waals surface area contributed by atoms with Gasteiger partial charge in [0.05, 0.1) is 41.1 Å². The van der Waals surface area contributed by atoms with Gasteiger partial charge in [-0.2, -0.15) is 0 Å². The summed E-state index contributed by atoms with van der Waals surface area (Å²) in [6, 6.07) is 4.64.